The minimum absolute atomic E-state index is 0.0417. The van der Waals surface area contributed by atoms with E-state index in [1.807, 2.05) is 0 Å². The predicted molar refractivity (Wildman–Crippen MR) is 103 cm³/mol. The van der Waals surface area contributed by atoms with Crippen molar-refractivity contribution in [3.8, 4) is 0 Å². The van der Waals surface area contributed by atoms with Crippen LogP contribution in [0.25, 0.3) is 0 Å². The lowest BCUT2D eigenvalue weighted by molar-refractivity contribution is -0.138. The zero-order valence-corrected chi connectivity index (χ0v) is 17.0. The molecule has 2 aromatic carbocycles. The summed E-state index contributed by atoms with van der Waals surface area (Å²) in [7, 11) is -3.76. The molecular formula is C20H21ClF3NO2S. The number of aryl methyl sites for hydroxylation is 1. The quantitative estimate of drug-likeness (QED) is 0.691. The minimum Gasteiger partial charge on any atom is -0.225 e. The molecule has 2 N–H and O–H groups in total. The fourth-order valence-corrected chi connectivity index (χ4v) is 4.88. The Morgan fingerprint density at radius 3 is 2.25 bits per heavy atom. The van der Waals surface area contributed by atoms with E-state index in [0.717, 1.165) is 11.6 Å². The topological polar surface area (TPSA) is 60.2 Å². The Hall–Kier alpha value is -1.57. The Balaban J connectivity index is 1.77. The van der Waals surface area contributed by atoms with Crippen LogP contribution >= 0.6 is 11.6 Å². The molecular weight excluding hydrogens is 411 g/mol. The zero-order chi connectivity index (χ0) is 20.9. The highest BCUT2D eigenvalue weighted by molar-refractivity contribution is 7.89. The van der Waals surface area contributed by atoms with Gasteiger partial charge in [-0.1, -0.05) is 37.6 Å². The molecule has 0 spiro atoms. The van der Waals surface area contributed by atoms with Crippen LogP contribution in [0.5, 0.6) is 0 Å². The van der Waals surface area contributed by atoms with Crippen LogP contribution in [0, 0.1) is 11.3 Å². The van der Waals surface area contributed by atoms with Crippen molar-refractivity contribution in [3.05, 3.63) is 64.2 Å². The standard InChI is InChI=1S/C20H21ClF3NO2S/c1-19(2)17(18(19)12-3-7-15(8-4-12)28(25,26)27)9-5-13-11-14(21)6-10-16(13)20(22,23)24/h3-4,6-8,10-11,17-18H,5,9H2,1-2H3,(H2,25,26,27)/t17-,18-/m1/s1. The summed E-state index contributed by atoms with van der Waals surface area (Å²) >= 11 is 5.90. The molecule has 0 unspecified atom stereocenters. The third kappa shape index (κ3) is 4.21. The monoisotopic (exact) mass is 431 g/mol. The molecule has 2 atom stereocenters. The number of primary sulfonamides is 1. The lowest BCUT2D eigenvalue weighted by atomic mass is 9.98. The van der Waals surface area contributed by atoms with Crippen molar-refractivity contribution in [1.29, 1.82) is 0 Å². The van der Waals surface area contributed by atoms with Gasteiger partial charge in [-0.3, -0.25) is 0 Å². The Bertz CT molecular complexity index is 986. The molecule has 1 aliphatic rings. The lowest BCUT2D eigenvalue weighted by Crippen LogP contribution is -2.11. The van der Waals surface area contributed by atoms with Crippen molar-refractivity contribution >= 4 is 21.6 Å². The van der Waals surface area contributed by atoms with Gasteiger partial charge in [-0.15, -0.1) is 0 Å². The van der Waals surface area contributed by atoms with Gasteiger partial charge in [0.25, 0.3) is 0 Å². The average Bonchev–Trinajstić information content (AvgIpc) is 3.12. The Morgan fingerprint density at radius 2 is 1.71 bits per heavy atom. The molecule has 1 saturated carbocycles. The first-order valence-corrected chi connectivity index (χ1v) is 10.7. The van der Waals surface area contributed by atoms with Gasteiger partial charge in [0.05, 0.1) is 10.5 Å². The van der Waals surface area contributed by atoms with Crippen molar-refractivity contribution in [3.63, 3.8) is 0 Å². The Morgan fingerprint density at radius 1 is 1.11 bits per heavy atom. The third-order valence-corrected chi connectivity index (χ3v) is 6.88. The number of benzene rings is 2. The molecule has 0 bridgehead atoms. The Kier molecular flexibility index (Phi) is 5.32. The average molecular weight is 432 g/mol. The number of nitrogens with two attached hydrogens (primary N) is 1. The number of sulfonamides is 1. The van der Waals surface area contributed by atoms with Crippen LogP contribution < -0.4 is 5.14 Å². The normalized spacial score (nSPS) is 21.5. The molecule has 2 aromatic rings. The highest BCUT2D eigenvalue weighted by Gasteiger charge is 2.57. The number of alkyl halides is 3. The molecule has 28 heavy (non-hydrogen) atoms. The second-order valence-corrected chi connectivity index (χ2v) is 9.86. The molecule has 1 fully saturated rings. The van der Waals surface area contributed by atoms with Crippen molar-refractivity contribution in [2.75, 3.05) is 0 Å². The fourth-order valence-electron chi connectivity index (χ4n) is 4.17. The first kappa shape index (κ1) is 21.1. The van der Waals surface area contributed by atoms with Crippen LogP contribution in [0.4, 0.5) is 13.2 Å². The molecule has 152 valence electrons. The zero-order valence-electron chi connectivity index (χ0n) is 15.4. The van der Waals surface area contributed by atoms with E-state index in [-0.39, 0.29) is 39.2 Å². The maximum Gasteiger partial charge on any atom is 0.416 e. The summed E-state index contributed by atoms with van der Waals surface area (Å²) in [6.45, 7) is 4.14. The highest BCUT2D eigenvalue weighted by Crippen LogP contribution is 2.66. The first-order valence-electron chi connectivity index (χ1n) is 8.80. The molecule has 0 heterocycles. The third-order valence-electron chi connectivity index (χ3n) is 5.72. The van der Waals surface area contributed by atoms with Gasteiger partial charge in [0.15, 0.2) is 0 Å². The van der Waals surface area contributed by atoms with Crippen LogP contribution in [0.1, 0.15) is 42.9 Å². The van der Waals surface area contributed by atoms with Gasteiger partial charge >= 0.3 is 6.18 Å². The molecule has 3 rings (SSSR count). The van der Waals surface area contributed by atoms with Crippen LogP contribution in [0.3, 0.4) is 0 Å². The molecule has 0 aliphatic heterocycles. The summed E-state index contributed by atoms with van der Waals surface area (Å²) in [4.78, 5) is 0.0417. The smallest absolute Gasteiger partial charge is 0.225 e. The molecule has 1 aliphatic carbocycles. The van der Waals surface area contributed by atoms with Gasteiger partial charge in [-0.05, 0) is 71.6 Å². The van der Waals surface area contributed by atoms with Crippen LogP contribution in [0.15, 0.2) is 47.4 Å². The van der Waals surface area contributed by atoms with Crippen molar-refractivity contribution in [1.82, 2.24) is 0 Å². The largest absolute Gasteiger partial charge is 0.416 e. The van der Waals surface area contributed by atoms with Gasteiger partial charge in [0.2, 0.25) is 10.0 Å². The first-order chi connectivity index (χ1) is 12.8. The predicted octanol–water partition coefficient (Wildman–Crippen LogP) is 5.38. The second-order valence-electron chi connectivity index (χ2n) is 7.86. The van der Waals surface area contributed by atoms with E-state index < -0.39 is 21.8 Å². The summed E-state index contributed by atoms with van der Waals surface area (Å²) in [6.07, 6.45) is -3.56. The number of halogens is 4. The fraction of sp³-hybridized carbons (Fsp3) is 0.400. The number of hydrogen-bond donors (Lipinski definition) is 1. The van der Waals surface area contributed by atoms with Gasteiger partial charge in [0, 0.05) is 5.02 Å². The van der Waals surface area contributed by atoms with E-state index >= 15 is 0 Å². The van der Waals surface area contributed by atoms with Crippen LogP contribution in [-0.2, 0) is 22.6 Å². The lowest BCUT2D eigenvalue weighted by Gasteiger charge is -2.13. The molecule has 0 radical (unpaired) electrons. The molecule has 0 aromatic heterocycles. The SMILES string of the molecule is CC1(C)[C@H](CCc2cc(Cl)ccc2C(F)(F)F)[C@H]1c1ccc(S(N)(=O)=O)cc1. The maximum absolute atomic E-state index is 13.2. The Labute approximate surface area is 167 Å². The maximum atomic E-state index is 13.2. The second kappa shape index (κ2) is 7.04. The number of rotatable bonds is 5. The highest BCUT2D eigenvalue weighted by atomic mass is 35.5. The van der Waals surface area contributed by atoms with Gasteiger partial charge in [-0.2, -0.15) is 13.2 Å². The minimum atomic E-state index is -4.41. The van der Waals surface area contributed by atoms with Crippen molar-refractivity contribution < 1.29 is 21.6 Å². The molecule has 0 saturated heterocycles. The van der Waals surface area contributed by atoms with Gasteiger partial charge in [-0.25, -0.2) is 13.6 Å². The summed E-state index contributed by atoms with van der Waals surface area (Å²) in [5.74, 6) is 0.337. The summed E-state index contributed by atoms with van der Waals surface area (Å²) in [5.41, 5.74) is 0.431. The van der Waals surface area contributed by atoms with E-state index in [0.29, 0.717) is 6.42 Å². The van der Waals surface area contributed by atoms with E-state index in [2.05, 4.69) is 13.8 Å². The van der Waals surface area contributed by atoms with Crippen molar-refractivity contribution in [2.24, 2.45) is 16.5 Å². The number of hydrogen-bond acceptors (Lipinski definition) is 2. The molecule has 0 amide bonds. The van der Waals surface area contributed by atoms with Crippen LogP contribution in [0.2, 0.25) is 5.02 Å². The van der Waals surface area contributed by atoms with E-state index in [9.17, 15) is 21.6 Å². The summed E-state index contributed by atoms with van der Waals surface area (Å²) < 4.78 is 62.5. The summed E-state index contributed by atoms with van der Waals surface area (Å²) in [6, 6.07) is 10.1. The van der Waals surface area contributed by atoms with Gasteiger partial charge < -0.3 is 0 Å². The molecule has 8 heteroatoms. The van der Waals surface area contributed by atoms with E-state index in [1.54, 1.807) is 12.1 Å². The van der Waals surface area contributed by atoms with E-state index in [4.69, 9.17) is 16.7 Å². The van der Waals surface area contributed by atoms with Crippen LogP contribution in [-0.4, -0.2) is 8.42 Å². The van der Waals surface area contributed by atoms with Gasteiger partial charge in [0.1, 0.15) is 0 Å². The summed E-state index contributed by atoms with van der Waals surface area (Å²) in [5, 5.41) is 5.41. The van der Waals surface area contributed by atoms with E-state index in [1.165, 1.54) is 24.3 Å². The van der Waals surface area contributed by atoms with Crippen molar-refractivity contribution in [2.45, 2.75) is 43.7 Å². The molecule has 3 nitrogen and oxygen atoms in total.